The van der Waals surface area contributed by atoms with Gasteiger partial charge in [-0.3, -0.25) is 0 Å². The van der Waals surface area contributed by atoms with Gasteiger partial charge in [0.25, 0.3) is 0 Å². The number of ether oxygens (including phenoxy) is 2. The molecule has 2 saturated heterocycles. The molecule has 0 N–H and O–H groups in total. The van der Waals surface area contributed by atoms with Crippen molar-refractivity contribution in [1.82, 2.24) is 0 Å². The first-order chi connectivity index (χ1) is 4.38. The standard InChI is InChI=1S/C7H12O2/c1-5-4-9-6-2-3-8-7(5)6/h5-7H,2-4H2,1H3/t5-,6+,7?/m0/s1. The normalized spacial score (nSPS) is 49.7. The Morgan fingerprint density at radius 3 is 3.00 bits per heavy atom. The molecule has 2 nitrogen and oxygen atoms in total. The first-order valence-corrected chi connectivity index (χ1v) is 3.61. The molecule has 0 bridgehead atoms. The van der Waals surface area contributed by atoms with Gasteiger partial charge in [0, 0.05) is 12.5 Å². The fourth-order valence-electron chi connectivity index (χ4n) is 1.67. The quantitative estimate of drug-likeness (QED) is 0.480. The Balaban J connectivity index is 2.07. The van der Waals surface area contributed by atoms with Gasteiger partial charge in [0.1, 0.15) is 0 Å². The predicted molar refractivity (Wildman–Crippen MR) is 33.3 cm³/mol. The van der Waals surface area contributed by atoms with E-state index in [4.69, 9.17) is 9.47 Å². The third-order valence-corrected chi connectivity index (χ3v) is 2.21. The van der Waals surface area contributed by atoms with Crippen LogP contribution < -0.4 is 0 Å². The van der Waals surface area contributed by atoms with Gasteiger partial charge in [0.15, 0.2) is 0 Å². The Morgan fingerprint density at radius 1 is 1.33 bits per heavy atom. The summed E-state index contributed by atoms with van der Waals surface area (Å²) >= 11 is 0. The average molecular weight is 128 g/mol. The summed E-state index contributed by atoms with van der Waals surface area (Å²) in [6, 6.07) is 0. The first-order valence-electron chi connectivity index (χ1n) is 3.61. The van der Waals surface area contributed by atoms with Crippen molar-refractivity contribution in [3.8, 4) is 0 Å². The Morgan fingerprint density at radius 2 is 2.22 bits per heavy atom. The van der Waals surface area contributed by atoms with Gasteiger partial charge in [-0.2, -0.15) is 0 Å². The van der Waals surface area contributed by atoms with Crippen LogP contribution in [-0.4, -0.2) is 25.4 Å². The van der Waals surface area contributed by atoms with Crippen LogP contribution in [0.5, 0.6) is 0 Å². The Bertz CT molecular complexity index is 113. The molecule has 0 aromatic heterocycles. The lowest BCUT2D eigenvalue weighted by Crippen LogP contribution is -2.19. The average Bonchev–Trinajstić information content (AvgIpc) is 2.35. The highest BCUT2D eigenvalue weighted by atomic mass is 16.6. The molecule has 2 heterocycles. The molecule has 0 aromatic carbocycles. The van der Waals surface area contributed by atoms with E-state index in [0.717, 1.165) is 19.6 Å². The Labute approximate surface area is 55.1 Å². The molecule has 0 spiro atoms. The zero-order valence-electron chi connectivity index (χ0n) is 5.67. The van der Waals surface area contributed by atoms with Crippen LogP contribution in [0.4, 0.5) is 0 Å². The van der Waals surface area contributed by atoms with Crippen molar-refractivity contribution in [3.05, 3.63) is 0 Å². The van der Waals surface area contributed by atoms with E-state index in [1.165, 1.54) is 0 Å². The summed E-state index contributed by atoms with van der Waals surface area (Å²) in [6.45, 7) is 3.99. The van der Waals surface area contributed by atoms with Gasteiger partial charge < -0.3 is 9.47 Å². The van der Waals surface area contributed by atoms with E-state index in [-0.39, 0.29) is 0 Å². The Hall–Kier alpha value is -0.0800. The van der Waals surface area contributed by atoms with E-state index in [2.05, 4.69) is 6.92 Å². The minimum Gasteiger partial charge on any atom is -0.375 e. The van der Waals surface area contributed by atoms with Crippen molar-refractivity contribution < 1.29 is 9.47 Å². The fraction of sp³-hybridized carbons (Fsp3) is 1.00. The second kappa shape index (κ2) is 1.96. The summed E-state index contributed by atoms with van der Waals surface area (Å²) in [5, 5.41) is 0. The second-order valence-electron chi connectivity index (χ2n) is 2.97. The van der Waals surface area contributed by atoms with Gasteiger partial charge in [-0.05, 0) is 6.42 Å². The molecule has 3 atom stereocenters. The lowest BCUT2D eigenvalue weighted by Gasteiger charge is -2.08. The summed E-state index contributed by atoms with van der Waals surface area (Å²) < 4.78 is 10.9. The smallest absolute Gasteiger partial charge is 0.0884 e. The SMILES string of the molecule is C[C@H]1CO[C@@H]2CCOC12. The first kappa shape index (κ1) is 5.69. The third-order valence-electron chi connectivity index (χ3n) is 2.21. The van der Waals surface area contributed by atoms with Crippen molar-refractivity contribution in [2.45, 2.75) is 25.6 Å². The van der Waals surface area contributed by atoms with Crippen molar-refractivity contribution in [2.75, 3.05) is 13.2 Å². The maximum atomic E-state index is 5.46. The van der Waals surface area contributed by atoms with Crippen LogP contribution in [0.25, 0.3) is 0 Å². The lowest BCUT2D eigenvalue weighted by atomic mass is 10.1. The van der Waals surface area contributed by atoms with Crippen LogP contribution in [0.1, 0.15) is 13.3 Å². The molecule has 2 rings (SSSR count). The molecule has 2 heteroatoms. The summed E-state index contributed by atoms with van der Waals surface area (Å²) in [7, 11) is 0. The molecule has 0 saturated carbocycles. The monoisotopic (exact) mass is 128 g/mol. The van der Waals surface area contributed by atoms with E-state index in [1.807, 2.05) is 0 Å². The number of hydrogen-bond acceptors (Lipinski definition) is 2. The number of fused-ring (bicyclic) bond motifs is 1. The summed E-state index contributed by atoms with van der Waals surface area (Å²) in [4.78, 5) is 0. The van der Waals surface area contributed by atoms with E-state index in [0.29, 0.717) is 18.1 Å². The highest BCUT2D eigenvalue weighted by Crippen LogP contribution is 2.29. The van der Waals surface area contributed by atoms with Gasteiger partial charge >= 0.3 is 0 Å². The molecule has 0 amide bonds. The number of rotatable bonds is 0. The topological polar surface area (TPSA) is 18.5 Å². The minimum atomic E-state index is 0.421. The third kappa shape index (κ3) is 0.775. The molecule has 0 radical (unpaired) electrons. The Kier molecular flexibility index (Phi) is 1.24. The van der Waals surface area contributed by atoms with E-state index < -0.39 is 0 Å². The summed E-state index contributed by atoms with van der Waals surface area (Å²) in [6.07, 6.45) is 1.96. The molecule has 2 aliphatic rings. The van der Waals surface area contributed by atoms with E-state index >= 15 is 0 Å². The molecule has 2 fully saturated rings. The van der Waals surface area contributed by atoms with Gasteiger partial charge in [0.2, 0.25) is 0 Å². The van der Waals surface area contributed by atoms with Crippen LogP contribution in [0.3, 0.4) is 0 Å². The zero-order chi connectivity index (χ0) is 6.27. The minimum absolute atomic E-state index is 0.421. The lowest BCUT2D eigenvalue weighted by molar-refractivity contribution is 0.0658. The van der Waals surface area contributed by atoms with Gasteiger partial charge in [-0.1, -0.05) is 6.92 Å². The van der Waals surface area contributed by atoms with Crippen molar-refractivity contribution in [1.29, 1.82) is 0 Å². The fourth-order valence-corrected chi connectivity index (χ4v) is 1.67. The molecule has 1 unspecified atom stereocenters. The summed E-state index contributed by atoms with van der Waals surface area (Å²) in [5.41, 5.74) is 0. The predicted octanol–water partition coefficient (Wildman–Crippen LogP) is 0.810. The maximum Gasteiger partial charge on any atom is 0.0884 e. The maximum absolute atomic E-state index is 5.46. The largest absolute Gasteiger partial charge is 0.375 e. The molecule has 9 heavy (non-hydrogen) atoms. The van der Waals surface area contributed by atoms with Crippen molar-refractivity contribution in [3.63, 3.8) is 0 Å². The molecule has 0 aliphatic carbocycles. The van der Waals surface area contributed by atoms with E-state index in [1.54, 1.807) is 0 Å². The van der Waals surface area contributed by atoms with Crippen molar-refractivity contribution in [2.24, 2.45) is 5.92 Å². The van der Waals surface area contributed by atoms with Crippen LogP contribution in [0.2, 0.25) is 0 Å². The van der Waals surface area contributed by atoms with Crippen molar-refractivity contribution >= 4 is 0 Å². The van der Waals surface area contributed by atoms with Crippen LogP contribution in [-0.2, 0) is 9.47 Å². The second-order valence-corrected chi connectivity index (χ2v) is 2.97. The van der Waals surface area contributed by atoms with Crippen LogP contribution >= 0.6 is 0 Å². The summed E-state index contributed by atoms with van der Waals surface area (Å²) in [5.74, 6) is 0.623. The van der Waals surface area contributed by atoms with Crippen LogP contribution in [0.15, 0.2) is 0 Å². The highest BCUT2D eigenvalue weighted by molar-refractivity contribution is 4.86. The van der Waals surface area contributed by atoms with Gasteiger partial charge in [0.05, 0.1) is 18.8 Å². The van der Waals surface area contributed by atoms with Gasteiger partial charge in [-0.15, -0.1) is 0 Å². The molecular weight excluding hydrogens is 116 g/mol. The van der Waals surface area contributed by atoms with Crippen LogP contribution in [0, 0.1) is 5.92 Å². The molecular formula is C7H12O2. The molecule has 52 valence electrons. The zero-order valence-corrected chi connectivity index (χ0v) is 5.67. The molecule has 0 aromatic rings. The van der Waals surface area contributed by atoms with Gasteiger partial charge in [-0.25, -0.2) is 0 Å². The van der Waals surface area contributed by atoms with E-state index in [9.17, 15) is 0 Å². The number of hydrogen-bond donors (Lipinski definition) is 0. The molecule has 2 aliphatic heterocycles. The highest BCUT2D eigenvalue weighted by Gasteiger charge is 2.38.